The minimum Gasteiger partial charge on any atom is -0.396 e. The third-order valence-electron chi connectivity index (χ3n) is 5.00. The van der Waals surface area contributed by atoms with E-state index in [1.54, 1.807) is 6.07 Å². The maximum Gasteiger partial charge on any atom is 0.203 e. The molecule has 142 valence electrons. The van der Waals surface area contributed by atoms with Gasteiger partial charge in [-0.2, -0.15) is 0 Å². The third kappa shape index (κ3) is 3.29. The summed E-state index contributed by atoms with van der Waals surface area (Å²) >= 11 is 19.5. The van der Waals surface area contributed by atoms with Crippen LogP contribution < -0.4 is 5.32 Å². The van der Waals surface area contributed by atoms with Crippen LogP contribution in [0.25, 0.3) is 22.2 Å². The molecule has 4 rings (SSSR count). The number of fused-ring (bicyclic) bond motifs is 3. The first-order valence-electron chi connectivity index (χ1n) is 9.03. The number of aliphatic hydroxyl groups excluding tert-OH is 1. The Kier molecular flexibility index (Phi) is 5.26. The molecule has 0 unspecified atom stereocenters. The van der Waals surface area contributed by atoms with Crippen molar-refractivity contribution in [3.63, 3.8) is 0 Å². The van der Waals surface area contributed by atoms with Gasteiger partial charge in [0.15, 0.2) is 0 Å². The number of hydrogen-bond donors (Lipinski definition) is 2. The van der Waals surface area contributed by atoms with Gasteiger partial charge in [0, 0.05) is 35.8 Å². The van der Waals surface area contributed by atoms with Crippen molar-refractivity contribution in [3.8, 4) is 11.1 Å². The fraction of sp³-hybridized carbons (Fsp3) is 0.350. The Morgan fingerprint density at radius 1 is 1.22 bits per heavy atom. The zero-order valence-corrected chi connectivity index (χ0v) is 17.2. The summed E-state index contributed by atoms with van der Waals surface area (Å²) in [7, 11) is 0. The molecule has 1 aromatic heterocycles. The molecule has 27 heavy (non-hydrogen) atoms. The summed E-state index contributed by atoms with van der Waals surface area (Å²) in [5.41, 5.74) is 5.62. The van der Waals surface area contributed by atoms with E-state index in [9.17, 15) is 5.11 Å². The summed E-state index contributed by atoms with van der Waals surface area (Å²) in [6.07, 6.45) is 2.46. The summed E-state index contributed by atoms with van der Waals surface area (Å²) < 4.78 is 2.19. The van der Waals surface area contributed by atoms with Crippen LogP contribution in [0.2, 0.25) is 15.1 Å². The van der Waals surface area contributed by atoms with Crippen molar-refractivity contribution in [1.29, 1.82) is 0 Å². The molecule has 0 saturated carbocycles. The molecule has 2 aromatic carbocycles. The third-order valence-corrected chi connectivity index (χ3v) is 5.90. The van der Waals surface area contributed by atoms with Gasteiger partial charge in [0.1, 0.15) is 5.52 Å². The minimum absolute atomic E-state index is 0.138. The standard InChI is InChI=1S/C20H20Cl3N3O/c1-11-8-13(21)10-15(22)16(11)14-9-12(4-2-7-27)19-18(17(14)23)25-20-24-5-3-6-26(19)20/h8-10,27H,2-7H2,1H3,(H,24,25). The molecule has 0 saturated heterocycles. The van der Waals surface area contributed by atoms with Crippen molar-refractivity contribution in [2.75, 3.05) is 18.5 Å². The summed E-state index contributed by atoms with van der Waals surface area (Å²) in [6, 6.07) is 5.71. The quantitative estimate of drug-likeness (QED) is 0.564. The normalized spacial score (nSPS) is 13.7. The van der Waals surface area contributed by atoms with E-state index in [4.69, 9.17) is 39.8 Å². The van der Waals surface area contributed by atoms with E-state index in [-0.39, 0.29) is 6.61 Å². The van der Waals surface area contributed by atoms with Crippen LogP contribution in [0.5, 0.6) is 0 Å². The van der Waals surface area contributed by atoms with Crippen LogP contribution >= 0.6 is 34.8 Å². The molecule has 7 heteroatoms. The molecule has 2 N–H and O–H groups in total. The van der Waals surface area contributed by atoms with Gasteiger partial charge in [0.05, 0.1) is 15.6 Å². The Labute approximate surface area is 173 Å². The SMILES string of the molecule is Cc1cc(Cl)cc(Cl)c1-c1cc(CCCO)c2c(nc3n2CCCN3)c1Cl. The van der Waals surface area contributed by atoms with Gasteiger partial charge in [-0.1, -0.05) is 34.8 Å². The Bertz CT molecular complexity index is 1010. The molecule has 0 spiro atoms. The molecular weight excluding hydrogens is 405 g/mol. The summed E-state index contributed by atoms with van der Waals surface area (Å²) in [5.74, 6) is 0.847. The van der Waals surface area contributed by atoms with Gasteiger partial charge < -0.3 is 15.0 Å². The van der Waals surface area contributed by atoms with E-state index in [1.807, 2.05) is 13.0 Å². The van der Waals surface area contributed by atoms with Gasteiger partial charge in [0.2, 0.25) is 5.95 Å². The van der Waals surface area contributed by atoms with Crippen LogP contribution in [0.1, 0.15) is 24.0 Å². The highest BCUT2D eigenvalue weighted by molar-refractivity contribution is 6.40. The van der Waals surface area contributed by atoms with Crippen LogP contribution in [0, 0.1) is 6.92 Å². The van der Waals surface area contributed by atoms with Crippen molar-refractivity contribution >= 4 is 51.8 Å². The smallest absolute Gasteiger partial charge is 0.203 e. The topological polar surface area (TPSA) is 50.1 Å². The number of aromatic nitrogens is 2. The van der Waals surface area contributed by atoms with Gasteiger partial charge in [-0.05, 0) is 55.5 Å². The van der Waals surface area contributed by atoms with Gasteiger partial charge in [-0.15, -0.1) is 0 Å². The van der Waals surface area contributed by atoms with Crippen LogP contribution in [0.15, 0.2) is 18.2 Å². The minimum atomic E-state index is 0.138. The number of halogens is 3. The predicted molar refractivity (Wildman–Crippen MR) is 113 cm³/mol. The number of nitrogens with one attached hydrogen (secondary N) is 1. The van der Waals surface area contributed by atoms with Crippen molar-refractivity contribution in [2.45, 2.75) is 32.7 Å². The molecule has 4 nitrogen and oxygen atoms in total. The zero-order valence-electron chi connectivity index (χ0n) is 15.0. The van der Waals surface area contributed by atoms with Crippen molar-refractivity contribution < 1.29 is 5.11 Å². The van der Waals surface area contributed by atoms with Crippen molar-refractivity contribution in [2.24, 2.45) is 0 Å². The van der Waals surface area contributed by atoms with Gasteiger partial charge in [-0.25, -0.2) is 4.98 Å². The van der Waals surface area contributed by atoms with E-state index in [0.717, 1.165) is 65.2 Å². The van der Waals surface area contributed by atoms with Crippen LogP contribution in [0.3, 0.4) is 0 Å². The Balaban J connectivity index is 2.01. The van der Waals surface area contributed by atoms with Crippen LogP contribution in [0.4, 0.5) is 5.95 Å². The number of rotatable bonds is 4. The number of imidazole rings is 1. The molecule has 3 aromatic rings. The number of anilines is 1. The van der Waals surface area contributed by atoms with E-state index >= 15 is 0 Å². The van der Waals surface area contributed by atoms with Crippen LogP contribution in [-0.4, -0.2) is 27.8 Å². The van der Waals surface area contributed by atoms with Crippen LogP contribution in [-0.2, 0) is 13.0 Å². The zero-order chi connectivity index (χ0) is 19.1. The first-order chi connectivity index (χ1) is 13.0. The highest BCUT2D eigenvalue weighted by Crippen LogP contribution is 2.43. The van der Waals surface area contributed by atoms with E-state index in [1.165, 1.54) is 0 Å². The van der Waals surface area contributed by atoms with Gasteiger partial charge in [-0.3, -0.25) is 0 Å². The monoisotopic (exact) mass is 423 g/mol. The highest BCUT2D eigenvalue weighted by Gasteiger charge is 2.23. The number of benzene rings is 2. The molecular formula is C20H20Cl3N3O. The molecule has 2 heterocycles. The first kappa shape index (κ1) is 18.9. The fourth-order valence-corrected chi connectivity index (χ4v) is 4.82. The first-order valence-corrected chi connectivity index (χ1v) is 10.2. The lowest BCUT2D eigenvalue weighted by atomic mass is 9.96. The Morgan fingerprint density at radius 3 is 2.78 bits per heavy atom. The van der Waals surface area contributed by atoms with Crippen molar-refractivity contribution in [1.82, 2.24) is 9.55 Å². The molecule has 0 fully saturated rings. The molecule has 0 radical (unpaired) electrons. The second-order valence-corrected chi connectivity index (χ2v) is 8.09. The number of hydrogen-bond acceptors (Lipinski definition) is 3. The second kappa shape index (κ2) is 7.51. The fourth-order valence-electron chi connectivity index (χ4n) is 3.84. The lowest BCUT2D eigenvalue weighted by Crippen LogP contribution is -2.17. The number of nitrogens with zero attached hydrogens (tertiary/aromatic N) is 2. The predicted octanol–water partition coefficient (Wildman–Crippen LogP) is 5.71. The molecule has 0 bridgehead atoms. The van der Waals surface area contributed by atoms with Crippen molar-refractivity contribution in [3.05, 3.63) is 44.4 Å². The largest absolute Gasteiger partial charge is 0.396 e. The van der Waals surface area contributed by atoms with Gasteiger partial charge >= 0.3 is 0 Å². The maximum absolute atomic E-state index is 9.35. The number of aryl methyl sites for hydroxylation is 3. The highest BCUT2D eigenvalue weighted by atomic mass is 35.5. The molecule has 1 aliphatic rings. The summed E-state index contributed by atoms with van der Waals surface area (Å²) in [6.45, 7) is 3.92. The summed E-state index contributed by atoms with van der Waals surface area (Å²) in [4.78, 5) is 4.77. The van der Waals surface area contributed by atoms with E-state index in [2.05, 4.69) is 16.0 Å². The Hall–Kier alpha value is -1.46. The van der Waals surface area contributed by atoms with E-state index in [0.29, 0.717) is 21.5 Å². The lowest BCUT2D eigenvalue weighted by molar-refractivity contribution is 0.288. The average molecular weight is 425 g/mol. The summed E-state index contributed by atoms with van der Waals surface area (Å²) in [5, 5.41) is 14.5. The second-order valence-electron chi connectivity index (χ2n) is 6.87. The number of aliphatic hydroxyl groups is 1. The lowest BCUT2D eigenvalue weighted by Gasteiger charge is -2.18. The average Bonchev–Trinajstić information content (AvgIpc) is 3.02. The van der Waals surface area contributed by atoms with Gasteiger partial charge in [0.25, 0.3) is 0 Å². The molecule has 0 amide bonds. The van der Waals surface area contributed by atoms with E-state index < -0.39 is 0 Å². The molecule has 0 aliphatic carbocycles. The maximum atomic E-state index is 9.35. The Morgan fingerprint density at radius 2 is 2.04 bits per heavy atom. The molecule has 1 aliphatic heterocycles. The molecule has 0 atom stereocenters.